The lowest BCUT2D eigenvalue weighted by atomic mass is 9.71. The maximum Gasteiger partial charge on any atom is 0.118 e. The average molecular weight is 276 g/mol. The summed E-state index contributed by atoms with van der Waals surface area (Å²) in [5.74, 6) is 0.909. The number of nitrogens with zero attached hydrogens (tertiary/aromatic N) is 1. The van der Waals surface area contributed by atoms with Crippen molar-refractivity contribution >= 4 is 0 Å². The fraction of sp³-hybridized carbons (Fsp3) is 0.647. The molecule has 1 aromatic carbocycles. The molecule has 2 rings (SSSR count). The lowest BCUT2D eigenvalue weighted by Gasteiger charge is -2.45. The zero-order chi connectivity index (χ0) is 14.8. The van der Waals surface area contributed by atoms with E-state index in [9.17, 15) is 0 Å². The zero-order valence-corrected chi connectivity index (χ0v) is 13.2. The first-order chi connectivity index (χ1) is 9.44. The Morgan fingerprint density at radius 2 is 1.95 bits per heavy atom. The maximum absolute atomic E-state index is 6.50. The summed E-state index contributed by atoms with van der Waals surface area (Å²) in [4.78, 5) is 2.41. The summed E-state index contributed by atoms with van der Waals surface area (Å²) in [6, 6.07) is 9.03. The number of nitrogens with two attached hydrogens (primary N) is 1. The Morgan fingerprint density at radius 1 is 1.30 bits per heavy atom. The first kappa shape index (κ1) is 15.3. The molecule has 2 atom stereocenters. The van der Waals surface area contributed by atoms with Crippen LogP contribution in [0.2, 0.25) is 0 Å². The Morgan fingerprint density at radius 3 is 2.55 bits per heavy atom. The van der Waals surface area contributed by atoms with E-state index in [2.05, 4.69) is 37.9 Å². The van der Waals surface area contributed by atoms with Gasteiger partial charge in [0.25, 0.3) is 0 Å². The van der Waals surface area contributed by atoms with E-state index in [0.29, 0.717) is 6.04 Å². The highest BCUT2D eigenvalue weighted by atomic mass is 16.5. The molecule has 1 aromatic rings. The number of likely N-dealkylation sites (N-methyl/N-ethyl adjacent to an activating group) is 1. The van der Waals surface area contributed by atoms with Crippen LogP contribution in [0.3, 0.4) is 0 Å². The summed E-state index contributed by atoms with van der Waals surface area (Å²) in [7, 11) is 3.89. The van der Waals surface area contributed by atoms with Gasteiger partial charge >= 0.3 is 0 Å². The quantitative estimate of drug-likeness (QED) is 0.918. The standard InChI is InChI=1S/C17H28N2O/c1-17(2)11-5-6-15(16(17)18)19(3)12-13-7-9-14(20-4)10-8-13/h7-10,15-16H,5-6,11-12,18H2,1-4H3. The van der Waals surface area contributed by atoms with Gasteiger partial charge in [-0.05, 0) is 43.0 Å². The number of hydrogen-bond donors (Lipinski definition) is 1. The zero-order valence-electron chi connectivity index (χ0n) is 13.2. The molecule has 112 valence electrons. The third-order valence-corrected chi connectivity index (χ3v) is 4.80. The number of rotatable bonds is 4. The number of ether oxygens (including phenoxy) is 1. The molecule has 1 aliphatic rings. The van der Waals surface area contributed by atoms with Gasteiger partial charge in [-0.25, -0.2) is 0 Å². The van der Waals surface area contributed by atoms with Gasteiger partial charge in [0.15, 0.2) is 0 Å². The van der Waals surface area contributed by atoms with Gasteiger partial charge in [-0.3, -0.25) is 4.90 Å². The molecule has 3 nitrogen and oxygen atoms in total. The molecular formula is C17H28N2O. The molecule has 1 aliphatic carbocycles. The summed E-state index contributed by atoms with van der Waals surface area (Å²) in [6.07, 6.45) is 3.72. The predicted octanol–water partition coefficient (Wildman–Crippen LogP) is 3.03. The van der Waals surface area contributed by atoms with Crippen molar-refractivity contribution in [1.29, 1.82) is 0 Å². The fourth-order valence-corrected chi connectivity index (χ4v) is 3.26. The van der Waals surface area contributed by atoms with Gasteiger partial charge in [-0.2, -0.15) is 0 Å². The van der Waals surface area contributed by atoms with Crippen LogP contribution in [0, 0.1) is 5.41 Å². The lowest BCUT2D eigenvalue weighted by molar-refractivity contribution is 0.0805. The second-order valence-corrected chi connectivity index (χ2v) is 6.74. The van der Waals surface area contributed by atoms with Gasteiger partial charge in [0.2, 0.25) is 0 Å². The molecule has 0 radical (unpaired) electrons. The van der Waals surface area contributed by atoms with Crippen LogP contribution in [-0.2, 0) is 6.54 Å². The molecule has 0 heterocycles. The second kappa shape index (κ2) is 6.15. The molecule has 20 heavy (non-hydrogen) atoms. The SMILES string of the molecule is COc1ccc(CN(C)C2CCCC(C)(C)C2N)cc1. The van der Waals surface area contributed by atoms with Crippen molar-refractivity contribution in [2.75, 3.05) is 14.2 Å². The van der Waals surface area contributed by atoms with E-state index in [-0.39, 0.29) is 11.5 Å². The maximum atomic E-state index is 6.50. The van der Waals surface area contributed by atoms with Crippen molar-refractivity contribution in [2.45, 2.75) is 51.7 Å². The number of hydrogen-bond acceptors (Lipinski definition) is 3. The Hall–Kier alpha value is -1.06. The van der Waals surface area contributed by atoms with Gasteiger partial charge in [-0.1, -0.05) is 32.4 Å². The average Bonchev–Trinajstić information content (AvgIpc) is 2.42. The van der Waals surface area contributed by atoms with E-state index in [0.717, 1.165) is 12.3 Å². The number of methoxy groups -OCH3 is 1. The minimum atomic E-state index is 0.247. The molecule has 0 spiro atoms. The first-order valence-electron chi connectivity index (χ1n) is 7.53. The van der Waals surface area contributed by atoms with Crippen molar-refractivity contribution in [3.8, 4) is 5.75 Å². The summed E-state index contributed by atoms with van der Waals surface area (Å²) < 4.78 is 5.20. The number of benzene rings is 1. The van der Waals surface area contributed by atoms with E-state index >= 15 is 0 Å². The van der Waals surface area contributed by atoms with Crippen molar-refractivity contribution in [3.63, 3.8) is 0 Å². The highest BCUT2D eigenvalue weighted by molar-refractivity contribution is 5.27. The van der Waals surface area contributed by atoms with Gasteiger partial charge in [0.1, 0.15) is 5.75 Å². The molecule has 0 bridgehead atoms. The van der Waals surface area contributed by atoms with Crippen LogP contribution in [0.4, 0.5) is 0 Å². The van der Waals surface area contributed by atoms with Gasteiger partial charge in [0, 0.05) is 18.6 Å². The molecule has 0 aromatic heterocycles. The van der Waals surface area contributed by atoms with E-state index in [1.807, 2.05) is 12.1 Å². The van der Waals surface area contributed by atoms with Crippen molar-refractivity contribution < 1.29 is 4.74 Å². The van der Waals surface area contributed by atoms with Gasteiger partial charge < -0.3 is 10.5 Å². The Kier molecular flexibility index (Phi) is 4.71. The third-order valence-electron chi connectivity index (χ3n) is 4.80. The molecule has 1 saturated carbocycles. The molecule has 0 aliphatic heterocycles. The topological polar surface area (TPSA) is 38.5 Å². The minimum Gasteiger partial charge on any atom is -0.497 e. The van der Waals surface area contributed by atoms with Gasteiger partial charge in [0.05, 0.1) is 7.11 Å². The first-order valence-corrected chi connectivity index (χ1v) is 7.53. The molecule has 3 heteroatoms. The molecule has 2 unspecified atom stereocenters. The monoisotopic (exact) mass is 276 g/mol. The van der Waals surface area contributed by atoms with Crippen LogP contribution in [0.5, 0.6) is 5.75 Å². The summed E-state index contributed by atoms with van der Waals surface area (Å²) in [5.41, 5.74) is 8.05. The van der Waals surface area contributed by atoms with Crippen LogP contribution in [0.15, 0.2) is 24.3 Å². The van der Waals surface area contributed by atoms with Gasteiger partial charge in [-0.15, -0.1) is 0 Å². The smallest absolute Gasteiger partial charge is 0.118 e. The van der Waals surface area contributed by atoms with Crippen LogP contribution in [-0.4, -0.2) is 31.1 Å². The molecule has 1 fully saturated rings. The molecule has 0 amide bonds. The summed E-state index contributed by atoms with van der Waals surface area (Å²) in [5, 5.41) is 0. The minimum absolute atomic E-state index is 0.247. The Bertz CT molecular complexity index is 427. The van der Waals surface area contributed by atoms with E-state index in [4.69, 9.17) is 10.5 Å². The highest BCUT2D eigenvalue weighted by Gasteiger charge is 2.38. The lowest BCUT2D eigenvalue weighted by Crippen LogP contribution is -2.55. The van der Waals surface area contributed by atoms with Crippen molar-refractivity contribution in [2.24, 2.45) is 11.1 Å². The largest absolute Gasteiger partial charge is 0.497 e. The second-order valence-electron chi connectivity index (χ2n) is 6.74. The molecule has 0 saturated heterocycles. The van der Waals surface area contributed by atoms with E-state index < -0.39 is 0 Å². The van der Waals surface area contributed by atoms with Crippen LogP contribution < -0.4 is 10.5 Å². The van der Waals surface area contributed by atoms with Crippen LogP contribution >= 0.6 is 0 Å². The summed E-state index contributed by atoms with van der Waals surface area (Å²) in [6.45, 7) is 5.54. The van der Waals surface area contributed by atoms with E-state index in [1.165, 1.54) is 24.8 Å². The Balaban J connectivity index is 2.01. The summed E-state index contributed by atoms with van der Waals surface area (Å²) >= 11 is 0. The predicted molar refractivity (Wildman–Crippen MR) is 83.9 cm³/mol. The van der Waals surface area contributed by atoms with Crippen LogP contribution in [0.25, 0.3) is 0 Å². The molecule has 2 N–H and O–H groups in total. The third kappa shape index (κ3) is 3.33. The van der Waals surface area contributed by atoms with E-state index in [1.54, 1.807) is 7.11 Å². The van der Waals surface area contributed by atoms with Crippen molar-refractivity contribution in [3.05, 3.63) is 29.8 Å². The highest BCUT2D eigenvalue weighted by Crippen LogP contribution is 2.36. The van der Waals surface area contributed by atoms with Crippen molar-refractivity contribution in [1.82, 2.24) is 4.90 Å². The normalized spacial score (nSPS) is 25.7. The molecular weight excluding hydrogens is 248 g/mol. The Labute approximate surface area is 123 Å². The van der Waals surface area contributed by atoms with Crippen LogP contribution in [0.1, 0.15) is 38.7 Å². The fourth-order valence-electron chi connectivity index (χ4n) is 3.26.